The van der Waals surface area contributed by atoms with Crippen LogP contribution in [0.1, 0.15) is 23.6 Å². The minimum Gasteiger partial charge on any atom is -0.478 e. The Morgan fingerprint density at radius 2 is 2.00 bits per heavy atom. The number of rotatable bonds is 3. The standard InChI is InChI=1S/C25H23N3O3/c29-25(30)18-13-20-22(14-18)31-21-8-4-7-17-9-10-23(28(20)24(17)21)27-12-11-26-19(15-27)16-5-2-1-3-6-16/h1-10,13,19,23,26H,11-12,14-15H2,(H,29,30). The van der Waals surface area contributed by atoms with Crippen LogP contribution in [0.25, 0.3) is 6.08 Å². The van der Waals surface area contributed by atoms with Crippen LogP contribution in [0.15, 0.2) is 77.7 Å². The first kappa shape index (κ1) is 18.4. The van der Waals surface area contributed by atoms with Crippen LogP contribution in [0.3, 0.4) is 0 Å². The maximum atomic E-state index is 11.7. The Hall–Kier alpha value is -3.35. The second kappa shape index (κ2) is 7.11. The third-order valence-electron chi connectivity index (χ3n) is 6.48. The molecule has 0 aromatic heterocycles. The van der Waals surface area contributed by atoms with E-state index >= 15 is 0 Å². The summed E-state index contributed by atoms with van der Waals surface area (Å²) in [6.45, 7) is 2.67. The second-order valence-corrected chi connectivity index (χ2v) is 8.31. The van der Waals surface area contributed by atoms with Crippen molar-refractivity contribution in [2.24, 2.45) is 0 Å². The molecule has 0 bridgehead atoms. The molecular formula is C25H23N3O3. The van der Waals surface area contributed by atoms with Gasteiger partial charge >= 0.3 is 5.97 Å². The van der Waals surface area contributed by atoms with Gasteiger partial charge in [0.2, 0.25) is 0 Å². The molecule has 0 amide bonds. The Labute approximate surface area is 180 Å². The quantitative estimate of drug-likeness (QED) is 0.803. The number of nitrogens with one attached hydrogen (secondary N) is 1. The first-order chi connectivity index (χ1) is 15.2. The van der Waals surface area contributed by atoms with Gasteiger partial charge < -0.3 is 20.1 Å². The van der Waals surface area contributed by atoms with E-state index in [4.69, 9.17) is 4.74 Å². The van der Waals surface area contributed by atoms with Crippen molar-refractivity contribution in [1.82, 2.24) is 10.2 Å². The van der Waals surface area contributed by atoms with E-state index in [0.717, 1.165) is 48.1 Å². The Balaban J connectivity index is 1.39. The van der Waals surface area contributed by atoms with Gasteiger partial charge in [-0.05, 0) is 23.8 Å². The van der Waals surface area contributed by atoms with E-state index in [1.165, 1.54) is 5.56 Å². The summed E-state index contributed by atoms with van der Waals surface area (Å²) >= 11 is 0. The first-order valence-electron chi connectivity index (χ1n) is 10.7. The van der Waals surface area contributed by atoms with Crippen molar-refractivity contribution in [3.63, 3.8) is 0 Å². The zero-order valence-corrected chi connectivity index (χ0v) is 17.0. The summed E-state index contributed by atoms with van der Waals surface area (Å²) in [6, 6.07) is 16.8. The predicted octanol–water partition coefficient (Wildman–Crippen LogP) is 3.51. The lowest BCUT2D eigenvalue weighted by Crippen LogP contribution is -2.56. The van der Waals surface area contributed by atoms with Gasteiger partial charge in [-0.3, -0.25) is 4.90 Å². The van der Waals surface area contributed by atoms with Gasteiger partial charge in [-0.2, -0.15) is 0 Å². The lowest BCUT2D eigenvalue weighted by Gasteiger charge is -2.47. The fourth-order valence-corrected chi connectivity index (χ4v) is 5.01. The van der Waals surface area contributed by atoms with E-state index in [-0.39, 0.29) is 12.2 Å². The predicted molar refractivity (Wildman–Crippen MR) is 118 cm³/mol. The maximum absolute atomic E-state index is 11.7. The molecule has 31 heavy (non-hydrogen) atoms. The van der Waals surface area contributed by atoms with E-state index in [9.17, 15) is 9.90 Å². The Bertz CT molecular complexity index is 1150. The Morgan fingerprint density at radius 1 is 1.13 bits per heavy atom. The number of carbonyl (C=O) groups is 1. The van der Waals surface area contributed by atoms with Crippen LogP contribution in [-0.2, 0) is 4.79 Å². The van der Waals surface area contributed by atoms with Crippen molar-refractivity contribution in [1.29, 1.82) is 0 Å². The molecule has 3 aliphatic heterocycles. The van der Waals surface area contributed by atoms with Crippen LogP contribution in [0.5, 0.6) is 5.75 Å². The molecule has 2 aromatic rings. The van der Waals surface area contributed by atoms with Crippen molar-refractivity contribution >= 4 is 17.7 Å². The molecule has 1 saturated heterocycles. The molecule has 2 aromatic carbocycles. The summed E-state index contributed by atoms with van der Waals surface area (Å²) in [6.07, 6.45) is 6.48. The number of nitrogens with zero attached hydrogens (tertiary/aromatic N) is 2. The van der Waals surface area contributed by atoms with Gasteiger partial charge in [0.25, 0.3) is 0 Å². The van der Waals surface area contributed by atoms with Gasteiger partial charge in [0.05, 0.1) is 11.4 Å². The fourth-order valence-electron chi connectivity index (χ4n) is 5.01. The van der Waals surface area contributed by atoms with Crippen LogP contribution in [-0.4, -0.2) is 41.8 Å². The SMILES string of the molecule is O=C(O)C1=CC2=C(C1)Oc1cccc3c1N2C(N1CCNC(c2ccccc2)C1)C=C3. The third kappa shape index (κ3) is 2.99. The van der Waals surface area contributed by atoms with E-state index < -0.39 is 5.97 Å². The van der Waals surface area contributed by atoms with Gasteiger partial charge in [0.15, 0.2) is 5.75 Å². The van der Waals surface area contributed by atoms with Crippen molar-refractivity contribution < 1.29 is 14.6 Å². The van der Waals surface area contributed by atoms with Crippen molar-refractivity contribution in [2.75, 3.05) is 24.5 Å². The number of fused-ring (bicyclic) bond motifs is 1. The summed E-state index contributed by atoms with van der Waals surface area (Å²) < 4.78 is 6.17. The van der Waals surface area contributed by atoms with Gasteiger partial charge in [-0.25, -0.2) is 4.79 Å². The molecule has 3 heterocycles. The summed E-state index contributed by atoms with van der Waals surface area (Å²) in [4.78, 5) is 16.4. The molecule has 156 valence electrons. The molecule has 2 atom stereocenters. The average molecular weight is 413 g/mol. The van der Waals surface area contributed by atoms with Crippen LogP contribution < -0.4 is 15.0 Å². The largest absolute Gasteiger partial charge is 0.478 e. The number of carboxylic acid groups (broad SMARTS) is 1. The lowest BCUT2D eigenvalue weighted by molar-refractivity contribution is -0.132. The number of aliphatic carboxylic acids is 1. The Morgan fingerprint density at radius 3 is 2.84 bits per heavy atom. The average Bonchev–Trinajstić information content (AvgIpc) is 3.25. The van der Waals surface area contributed by atoms with Crippen LogP contribution in [0.2, 0.25) is 0 Å². The highest BCUT2D eigenvalue weighted by atomic mass is 16.5. The lowest BCUT2D eigenvalue weighted by atomic mass is 10.00. The number of carboxylic acids is 1. The Kier molecular flexibility index (Phi) is 4.23. The molecule has 6 nitrogen and oxygen atoms in total. The summed E-state index contributed by atoms with van der Waals surface area (Å²) in [5, 5.41) is 13.2. The highest BCUT2D eigenvalue weighted by molar-refractivity contribution is 5.91. The molecule has 0 radical (unpaired) electrons. The third-order valence-corrected chi connectivity index (χ3v) is 6.48. The molecule has 0 spiro atoms. The monoisotopic (exact) mass is 413 g/mol. The summed E-state index contributed by atoms with van der Waals surface area (Å²) in [5.74, 6) is 0.621. The molecule has 4 aliphatic rings. The van der Waals surface area contributed by atoms with Crippen LogP contribution in [0.4, 0.5) is 5.69 Å². The molecule has 6 rings (SSSR count). The van der Waals surface area contributed by atoms with Gasteiger partial charge in [0.1, 0.15) is 11.9 Å². The number of ether oxygens (including phenoxy) is 1. The number of allylic oxidation sites excluding steroid dienone is 2. The van der Waals surface area contributed by atoms with E-state index in [2.05, 4.69) is 57.6 Å². The smallest absolute Gasteiger partial charge is 0.332 e. The topological polar surface area (TPSA) is 65.0 Å². The maximum Gasteiger partial charge on any atom is 0.332 e. The van der Waals surface area contributed by atoms with Crippen molar-refractivity contribution in [3.05, 3.63) is 88.8 Å². The van der Waals surface area contributed by atoms with Gasteiger partial charge in [-0.15, -0.1) is 0 Å². The molecule has 2 unspecified atom stereocenters. The van der Waals surface area contributed by atoms with Gasteiger partial charge in [-0.1, -0.05) is 48.5 Å². The van der Waals surface area contributed by atoms with Gasteiger partial charge in [0, 0.05) is 43.2 Å². The van der Waals surface area contributed by atoms with E-state index in [1.54, 1.807) is 6.08 Å². The number of hydrogen-bond donors (Lipinski definition) is 2. The number of para-hydroxylation sites is 1. The first-order valence-corrected chi connectivity index (χ1v) is 10.7. The second-order valence-electron chi connectivity index (χ2n) is 8.31. The zero-order chi connectivity index (χ0) is 20.9. The number of anilines is 1. The summed E-state index contributed by atoms with van der Waals surface area (Å²) in [5.41, 5.74) is 4.62. The van der Waals surface area contributed by atoms with E-state index in [1.807, 2.05) is 18.2 Å². The minimum absolute atomic E-state index is 0.000238. The molecule has 1 aliphatic carbocycles. The number of piperazine rings is 1. The van der Waals surface area contributed by atoms with Crippen molar-refractivity contribution in [3.8, 4) is 5.75 Å². The molecule has 6 heteroatoms. The normalized spacial score (nSPS) is 24.4. The van der Waals surface area contributed by atoms with Crippen LogP contribution in [0, 0.1) is 0 Å². The zero-order valence-electron chi connectivity index (χ0n) is 17.0. The summed E-state index contributed by atoms with van der Waals surface area (Å²) in [7, 11) is 0. The minimum atomic E-state index is -0.891. The van der Waals surface area contributed by atoms with Crippen molar-refractivity contribution in [2.45, 2.75) is 18.6 Å². The molecule has 2 N–H and O–H groups in total. The number of benzene rings is 2. The van der Waals surface area contributed by atoms with E-state index in [0.29, 0.717) is 12.0 Å². The molecular weight excluding hydrogens is 390 g/mol. The highest BCUT2D eigenvalue weighted by Gasteiger charge is 2.40. The highest BCUT2D eigenvalue weighted by Crippen LogP contribution is 2.48. The molecule has 0 saturated carbocycles. The molecule has 1 fully saturated rings. The number of hydrogen-bond acceptors (Lipinski definition) is 5. The van der Waals surface area contributed by atoms with Crippen LogP contribution >= 0.6 is 0 Å². The fraction of sp³-hybridized carbons (Fsp3) is 0.240.